The number of rotatable bonds is 6. The Morgan fingerprint density at radius 2 is 1.64 bits per heavy atom. The number of hydrogen-bond acceptors (Lipinski definition) is 5. The lowest BCUT2D eigenvalue weighted by molar-refractivity contribution is 0.0518. The van der Waals surface area contributed by atoms with E-state index in [1.165, 1.54) is 0 Å². The quantitative estimate of drug-likeness (QED) is 0.318. The Hall–Kier alpha value is -4.53. The maximum atomic E-state index is 14.1. The van der Waals surface area contributed by atoms with Crippen molar-refractivity contribution in [1.29, 1.82) is 0 Å². The summed E-state index contributed by atoms with van der Waals surface area (Å²) in [6, 6.07) is 20.4. The summed E-state index contributed by atoms with van der Waals surface area (Å²) in [6.45, 7) is 5.88. The number of aryl methyl sites for hydroxylation is 1. The average molecular weight is 531 g/mol. The number of carbonyl (C=O) groups excluding carboxylic acids is 2. The Morgan fingerprint density at radius 3 is 2.33 bits per heavy atom. The van der Waals surface area contributed by atoms with Crippen LogP contribution in [0.2, 0.25) is 0 Å². The highest BCUT2D eigenvalue weighted by Crippen LogP contribution is 2.28. The Labute approximate surface area is 225 Å². The average Bonchev–Trinajstić information content (AvgIpc) is 3.40. The minimum absolute atomic E-state index is 0.231. The van der Waals surface area contributed by atoms with Crippen molar-refractivity contribution in [2.75, 3.05) is 37.7 Å². The van der Waals surface area contributed by atoms with Crippen molar-refractivity contribution in [2.24, 2.45) is 0 Å². The molecule has 1 fully saturated rings. The van der Waals surface area contributed by atoms with E-state index in [0.717, 1.165) is 46.4 Å². The molecule has 9 heteroatoms. The number of hydrogen-bond donors (Lipinski definition) is 0. The van der Waals surface area contributed by atoms with Crippen LogP contribution in [0.3, 0.4) is 0 Å². The first-order chi connectivity index (χ1) is 18.9. The van der Waals surface area contributed by atoms with E-state index < -0.39 is 23.5 Å². The molecule has 39 heavy (non-hydrogen) atoms. The van der Waals surface area contributed by atoms with Crippen LogP contribution >= 0.6 is 0 Å². The molecule has 3 aromatic carbocycles. The van der Waals surface area contributed by atoms with Crippen LogP contribution < -0.4 is 4.90 Å². The van der Waals surface area contributed by atoms with Crippen molar-refractivity contribution in [1.82, 2.24) is 14.7 Å². The maximum absolute atomic E-state index is 14.1. The van der Waals surface area contributed by atoms with Crippen LogP contribution in [0, 0.1) is 18.6 Å². The third kappa shape index (κ3) is 5.38. The number of benzene rings is 3. The van der Waals surface area contributed by atoms with Gasteiger partial charge in [0.15, 0.2) is 5.69 Å². The van der Waals surface area contributed by atoms with Gasteiger partial charge in [0.05, 0.1) is 23.6 Å². The summed E-state index contributed by atoms with van der Waals surface area (Å²) in [4.78, 5) is 28.9. The first-order valence-corrected chi connectivity index (χ1v) is 12.8. The molecule has 1 aliphatic rings. The number of amides is 1. The molecular weight excluding hydrogens is 502 g/mol. The maximum Gasteiger partial charge on any atom is 0.358 e. The van der Waals surface area contributed by atoms with Crippen molar-refractivity contribution in [2.45, 2.75) is 13.8 Å². The predicted octanol–water partition coefficient (Wildman–Crippen LogP) is 5.27. The minimum Gasteiger partial charge on any atom is -0.461 e. The van der Waals surface area contributed by atoms with E-state index in [1.54, 1.807) is 22.6 Å². The first-order valence-electron chi connectivity index (χ1n) is 12.8. The second kappa shape index (κ2) is 11.1. The number of nitrogens with zero attached hydrogens (tertiary/aromatic N) is 4. The van der Waals surface area contributed by atoms with Crippen molar-refractivity contribution < 1.29 is 23.1 Å². The van der Waals surface area contributed by atoms with E-state index in [0.29, 0.717) is 26.2 Å². The molecule has 200 valence electrons. The van der Waals surface area contributed by atoms with Crippen LogP contribution in [0.25, 0.3) is 16.9 Å². The summed E-state index contributed by atoms with van der Waals surface area (Å²) in [6.07, 6.45) is 0. The van der Waals surface area contributed by atoms with Gasteiger partial charge in [-0.05, 0) is 61.9 Å². The molecular formula is C30H28F2N4O3. The second-order valence-corrected chi connectivity index (χ2v) is 9.28. The molecule has 2 heterocycles. The van der Waals surface area contributed by atoms with Crippen molar-refractivity contribution >= 4 is 17.6 Å². The third-order valence-corrected chi connectivity index (χ3v) is 6.79. The van der Waals surface area contributed by atoms with Crippen LogP contribution in [-0.2, 0) is 4.74 Å². The van der Waals surface area contributed by atoms with Gasteiger partial charge in [0.1, 0.15) is 11.6 Å². The second-order valence-electron chi connectivity index (χ2n) is 9.28. The monoisotopic (exact) mass is 530 g/mol. The number of carbonyl (C=O) groups is 2. The molecule has 0 atom stereocenters. The summed E-state index contributed by atoms with van der Waals surface area (Å²) in [5.41, 5.74) is 4.46. The lowest BCUT2D eigenvalue weighted by Gasteiger charge is -2.36. The summed E-state index contributed by atoms with van der Waals surface area (Å²) in [5, 5.41) is 4.55. The van der Waals surface area contributed by atoms with E-state index in [9.17, 15) is 18.4 Å². The minimum atomic E-state index is -0.726. The van der Waals surface area contributed by atoms with Crippen LogP contribution in [-0.4, -0.2) is 59.3 Å². The van der Waals surface area contributed by atoms with Crippen LogP contribution in [0.4, 0.5) is 14.5 Å². The van der Waals surface area contributed by atoms with Crippen LogP contribution in [0.15, 0.2) is 72.8 Å². The zero-order valence-electron chi connectivity index (χ0n) is 21.7. The lowest BCUT2D eigenvalue weighted by atomic mass is 10.1. The van der Waals surface area contributed by atoms with Gasteiger partial charge < -0.3 is 14.5 Å². The molecule has 0 N–H and O–H groups in total. The summed E-state index contributed by atoms with van der Waals surface area (Å²) in [7, 11) is 0. The number of aromatic nitrogens is 2. The summed E-state index contributed by atoms with van der Waals surface area (Å²) in [5.74, 6) is -2.36. The number of anilines is 1. The highest BCUT2D eigenvalue weighted by atomic mass is 19.1. The van der Waals surface area contributed by atoms with Gasteiger partial charge in [-0.3, -0.25) is 4.79 Å². The summed E-state index contributed by atoms with van der Waals surface area (Å²) < 4.78 is 34.6. The Bertz CT molecular complexity index is 1510. The van der Waals surface area contributed by atoms with Gasteiger partial charge in [-0.15, -0.1) is 0 Å². The van der Waals surface area contributed by atoms with Crippen molar-refractivity contribution in [3.8, 4) is 16.9 Å². The molecule has 0 unspecified atom stereocenters. The zero-order valence-corrected chi connectivity index (χ0v) is 21.7. The number of esters is 1. The normalized spacial score (nSPS) is 13.4. The first kappa shape index (κ1) is 26.1. The number of halogens is 2. The Balaban J connectivity index is 1.34. The van der Waals surface area contributed by atoms with Crippen LogP contribution in [0.1, 0.15) is 33.3 Å². The molecule has 1 saturated heterocycles. The van der Waals surface area contributed by atoms with E-state index in [2.05, 4.69) is 10.00 Å². The fraction of sp³-hybridized carbons (Fsp3) is 0.233. The van der Waals surface area contributed by atoms with Crippen molar-refractivity contribution in [3.05, 3.63) is 101 Å². The highest BCUT2D eigenvalue weighted by molar-refractivity contribution is 5.94. The van der Waals surface area contributed by atoms with E-state index in [-0.39, 0.29) is 17.9 Å². The molecule has 1 amide bonds. The van der Waals surface area contributed by atoms with E-state index in [1.807, 2.05) is 55.5 Å². The van der Waals surface area contributed by atoms with Crippen molar-refractivity contribution in [3.63, 3.8) is 0 Å². The van der Waals surface area contributed by atoms with E-state index >= 15 is 0 Å². The van der Waals surface area contributed by atoms with Gasteiger partial charge in [-0.25, -0.2) is 18.3 Å². The van der Waals surface area contributed by atoms with Gasteiger partial charge >= 0.3 is 5.97 Å². The largest absolute Gasteiger partial charge is 0.461 e. The highest BCUT2D eigenvalue weighted by Gasteiger charge is 2.25. The number of piperazine rings is 1. The standard InChI is InChI=1S/C30H28F2N4O3/c1-3-39-30(38)26-19-28(36(33-26)27-7-5-4-6-20(27)2)21-8-11-23(12-9-21)34-14-16-35(17-15-34)29(37)24-18-22(31)10-13-25(24)32/h4-13,18-19H,3,14-17H2,1-2H3. The number of para-hydroxylation sites is 1. The van der Waals surface area contributed by atoms with E-state index in [4.69, 9.17) is 4.74 Å². The predicted molar refractivity (Wildman–Crippen MR) is 144 cm³/mol. The van der Waals surface area contributed by atoms with Gasteiger partial charge in [-0.1, -0.05) is 30.3 Å². The molecule has 1 aliphatic heterocycles. The topological polar surface area (TPSA) is 67.7 Å². The molecule has 7 nitrogen and oxygen atoms in total. The molecule has 0 radical (unpaired) electrons. The number of ether oxygens (including phenoxy) is 1. The summed E-state index contributed by atoms with van der Waals surface area (Å²) >= 11 is 0. The zero-order chi connectivity index (χ0) is 27.5. The van der Waals surface area contributed by atoms with Gasteiger partial charge in [-0.2, -0.15) is 5.10 Å². The molecule has 0 saturated carbocycles. The fourth-order valence-electron chi connectivity index (χ4n) is 4.72. The molecule has 1 aromatic heterocycles. The lowest BCUT2D eigenvalue weighted by Crippen LogP contribution is -2.49. The molecule has 4 aromatic rings. The van der Waals surface area contributed by atoms with Crippen LogP contribution in [0.5, 0.6) is 0 Å². The van der Waals surface area contributed by atoms with Gasteiger partial charge in [0, 0.05) is 37.4 Å². The van der Waals surface area contributed by atoms with Gasteiger partial charge in [0.2, 0.25) is 0 Å². The molecule has 0 bridgehead atoms. The smallest absolute Gasteiger partial charge is 0.358 e. The Morgan fingerprint density at radius 1 is 0.923 bits per heavy atom. The Kier molecular flexibility index (Phi) is 7.40. The SMILES string of the molecule is CCOC(=O)c1cc(-c2ccc(N3CCN(C(=O)c4cc(F)ccc4F)CC3)cc2)n(-c2ccccc2C)n1. The molecule has 0 aliphatic carbocycles. The third-order valence-electron chi connectivity index (χ3n) is 6.79. The fourth-order valence-corrected chi connectivity index (χ4v) is 4.72. The molecule has 5 rings (SSSR count). The van der Waals surface area contributed by atoms with Gasteiger partial charge in [0.25, 0.3) is 5.91 Å². The molecule has 0 spiro atoms.